The van der Waals surface area contributed by atoms with Crippen LogP contribution >= 0.6 is 11.6 Å². The molecular formula is C18H15ClO4. The summed E-state index contributed by atoms with van der Waals surface area (Å²) < 4.78 is 5.18. The van der Waals surface area contributed by atoms with Crippen LogP contribution in [0.3, 0.4) is 0 Å². The van der Waals surface area contributed by atoms with Gasteiger partial charge in [-0.15, -0.1) is 0 Å². The first-order valence-electron chi connectivity index (χ1n) is 7.13. The highest BCUT2D eigenvalue weighted by Gasteiger charge is 2.22. The first-order valence-corrected chi connectivity index (χ1v) is 7.51. The summed E-state index contributed by atoms with van der Waals surface area (Å²) in [5.74, 6) is 0.0239. The van der Waals surface area contributed by atoms with Crippen LogP contribution in [0.15, 0.2) is 35.9 Å². The standard InChI is InChI=1S/C18H15ClO4/c1-23-13-4-5-14-11(9-13)2-3-12(17(14)21)6-10-7-15(19)18(22)16(20)8-10/h4-9,20,22H,2-3H2,1H3/b12-6-. The van der Waals surface area contributed by atoms with E-state index in [1.807, 2.05) is 6.07 Å². The highest BCUT2D eigenvalue weighted by atomic mass is 35.5. The van der Waals surface area contributed by atoms with Crippen molar-refractivity contribution in [3.05, 3.63) is 57.6 Å². The number of aromatic hydroxyl groups is 2. The third kappa shape index (κ3) is 2.90. The van der Waals surface area contributed by atoms with Crippen molar-refractivity contribution in [1.29, 1.82) is 0 Å². The molecule has 4 nitrogen and oxygen atoms in total. The molecule has 2 N–H and O–H groups in total. The van der Waals surface area contributed by atoms with Gasteiger partial charge < -0.3 is 14.9 Å². The Morgan fingerprint density at radius 3 is 2.65 bits per heavy atom. The van der Waals surface area contributed by atoms with Gasteiger partial charge in [0.15, 0.2) is 17.3 Å². The molecule has 0 spiro atoms. The first kappa shape index (κ1) is 15.4. The molecule has 0 bridgehead atoms. The van der Waals surface area contributed by atoms with Crippen LogP contribution in [0.2, 0.25) is 5.02 Å². The number of benzene rings is 2. The molecule has 2 aromatic rings. The molecule has 1 aliphatic rings. The van der Waals surface area contributed by atoms with E-state index in [0.717, 1.165) is 17.7 Å². The minimum atomic E-state index is -0.360. The van der Waals surface area contributed by atoms with Crippen LogP contribution in [0.1, 0.15) is 27.9 Å². The van der Waals surface area contributed by atoms with Gasteiger partial charge in [0, 0.05) is 11.1 Å². The maximum absolute atomic E-state index is 12.6. The van der Waals surface area contributed by atoms with Crippen molar-refractivity contribution >= 4 is 23.5 Å². The minimum absolute atomic E-state index is 0.0439. The summed E-state index contributed by atoms with van der Waals surface area (Å²) in [5.41, 5.74) is 2.85. The number of allylic oxidation sites excluding steroid dienone is 1. The smallest absolute Gasteiger partial charge is 0.189 e. The molecule has 0 aliphatic heterocycles. The number of ketones is 1. The number of ether oxygens (including phenoxy) is 1. The second-order valence-corrected chi connectivity index (χ2v) is 5.80. The monoisotopic (exact) mass is 330 g/mol. The average Bonchev–Trinajstić information content (AvgIpc) is 2.54. The number of phenolic OH excluding ortho intramolecular Hbond substituents is 2. The second-order valence-electron chi connectivity index (χ2n) is 5.39. The Balaban J connectivity index is 1.97. The third-order valence-electron chi connectivity index (χ3n) is 3.92. The Labute approximate surface area is 138 Å². The predicted octanol–water partition coefficient (Wildman–Crippen LogP) is 3.97. The van der Waals surface area contributed by atoms with Gasteiger partial charge in [-0.1, -0.05) is 11.6 Å². The van der Waals surface area contributed by atoms with Crippen molar-refractivity contribution < 1.29 is 19.7 Å². The van der Waals surface area contributed by atoms with Crippen LogP contribution in [0, 0.1) is 0 Å². The van der Waals surface area contributed by atoms with Gasteiger partial charge in [-0.05, 0) is 60.4 Å². The summed E-state index contributed by atoms with van der Waals surface area (Å²) in [6, 6.07) is 8.31. The number of phenols is 2. The number of carbonyl (C=O) groups is 1. The molecule has 5 heteroatoms. The Morgan fingerprint density at radius 2 is 1.96 bits per heavy atom. The van der Waals surface area contributed by atoms with Crippen molar-refractivity contribution in [2.24, 2.45) is 0 Å². The molecule has 0 unspecified atom stereocenters. The molecule has 0 atom stereocenters. The van der Waals surface area contributed by atoms with E-state index in [0.29, 0.717) is 23.1 Å². The molecule has 0 amide bonds. The molecule has 0 aromatic heterocycles. The fraction of sp³-hybridized carbons (Fsp3) is 0.167. The van der Waals surface area contributed by atoms with E-state index in [1.165, 1.54) is 12.1 Å². The Bertz CT molecular complexity index is 801. The molecule has 1 aliphatic carbocycles. The SMILES string of the molecule is COc1ccc2c(c1)CC/C(=C/c1cc(O)c(O)c(Cl)c1)C2=O. The van der Waals surface area contributed by atoms with E-state index < -0.39 is 0 Å². The number of hydrogen-bond acceptors (Lipinski definition) is 4. The van der Waals surface area contributed by atoms with E-state index >= 15 is 0 Å². The summed E-state index contributed by atoms with van der Waals surface area (Å²) in [4.78, 5) is 12.6. The van der Waals surface area contributed by atoms with E-state index in [-0.39, 0.29) is 22.3 Å². The summed E-state index contributed by atoms with van der Waals surface area (Å²) in [7, 11) is 1.60. The number of fused-ring (bicyclic) bond motifs is 1. The first-order chi connectivity index (χ1) is 11.0. The van der Waals surface area contributed by atoms with Gasteiger partial charge in [-0.3, -0.25) is 4.79 Å². The Kier molecular flexibility index (Phi) is 4.01. The van der Waals surface area contributed by atoms with Crippen LogP contribution in [0.4, 0.5) is 0 Å². The van der Waals surface area contributed by atoms with Gasteiger partial charge in [0.05, 0.1) is 12.1 Å². The van der Waals surface area contributed by atoms with Gasteiger partial charge in [0.2, 0.25) is 0 Å². The molecule has 0 heterocycles. The van der Waals surface area contributed by atoms with Crippen molar-refractivity contribution in [3.63, 3.8) is 0 Å². The maximum atomic E-state index is 12.6. The number of methoxy groups -OCH3 is 1. The zero-order valence-corrected chi connectivity index (χ0v) is 13.2. The summed E-state index contributed by atoms with van der Waals surface area (Å²) in [6.07, 6.45) is 3.03. The lowest BCUT2D eigenvalue weighted by Gasteiger charge is -2.18. The Morgan fingerprint density at radius 1 is 1.17 bits per heavy atom. The summed E-state index contributed by atoms with van der Waals surface area (Å²) >= 11 is 5.85. The fourth-order valence-electron chi connectivity index (χ4n) is 2.71. The summed E-state index contributed by atoms with van der Waals surface area (Å²) in [6.45, 7) is 0. The maximum Gasteiger partial charge on any atom is 0.189 e. The average molecular weight is 331 g/mol. The van der Waals surface area contributed by atoms with E-state index in [9.17, 15) is 15.0 Å². The van der Waals surface area contributed by atoms with Crippen LogP contribution in [0.25, 0.3) is 6.08 Å². The molecule has 23 heavy (non-hydrogen) atoms. The molecule has 0 saturated carbocycles. The van der Waals surface area contributed by atoms with Crippen LogP contribution in [-0.4, -0.2) is 23.1 Å². The largest absolute Gasteiger partial charge is 0.504 e. The number of hydrogen-bond donors (Lipinski definition) is 2. The Hall–Kier alpha value is -2.46. The quantitative estimate of drug-likeness (QED) is 0.646. The van der Waals surface area contributed by atoms with Gasteiger partial charge in [0.1, 0.15) is 5.75 Å². The van der Waals surface area contributed by atoms with E-state index in [1.54, 1.807) is 25.3 Å². The predicted molar refractivity (Wildman–Crippen MR) is 88.4 cm³/mol. The van der Waals surface area contributed by atoms with Crippen molar-refractivity contribution in [2.45, 2.75) is 12.8 Å². The molecule has 0 fully saturated rings. The molecular weight excluding hydrogens is 316 g/mol. The van der Waals surface area contributed by atoms with Crippen molar-refractivity contribution in [3.8, 4) is 17.2 Å². The molecule has 118 valence electrons. The van der Waals surface area contributed by atoms with Gasteiger partial charge in [-0.25, -0.2) is 0 Å². The zero-order valence-electron chi connectivity index (χ0n) is 12.5. The van der Waals surface area contributed by atoms with Crippen LogP contribution < -0.4 is 4.74 Å². The molecule has 3 rings (SSSR count). The van der Waals surface area contributed by atoms with Gasteiger partial charge in [-0.2, -0.15) is 0 Å². The normalized spacial score (nSPS) is 15.6. The topological polar surface area (TPSA) is 66.8 Å². The third-order valence-corrected chi connectivity index (χ3v) is 4.21. The van der Waals surface area contributed by atoms with Gasteiger partial charge >= 0.3 is 0 Å². The number of rotatable bonds is 2. The number of Topliss-reactive ketones (excluding diaryl/α,β-unsaturated/α-hetero) is 1. The van der Waals surface area contributed by atoms with Gasteiger partial charge in [0.25, 0.3) is 0 Å². The molecule has 0 radical (unpaired) electrons. The lowest BCUT2D eigenvalue weighted by atomic mass is 9.86. The fourth-order valence-corrected chi connectivity index (χ4v) is 2.93. The molecule has 2 aromatic carbocycles. The van der Waals surface area contributed by atoms with Crippen LogP contribution in [0.5, 0.6) is 17.2 Å². The highest BCUT2D eigenvalue weighted by Crippen LogP contribution is 2.36. The van der Waals surface area contributed by atoms with E-state index in [4.69, 9.17) is 16.3 Å². The zero-order chi connectivity index (χ0) is 16.6. The number of carbonyl (C=O) groups excluding carboxylic acids is 1. The number of aryl methyl sites for hydroxylation is 1. The van der Waals surface area contributed by atoms with Crippen molar-refractivity contribution in [1.82, 2.24) is 0 Å². The number of halogens is 1. The molecule has 0 saturated heterocycles. The van der Waals surface area contributed by atoms with E-state index in [2.05, 4.69) is 0 Å². The summed E-state index contributed by atoms with van der Waals surface area (Å²) in [5, 5.41) is 19.2. The minimum Gasteiger partial charge on any atom is -0.504 e. The van der Waals surface area contributed by atoms with Crippen LogP contribution in [-0.2, 0) is 6.42 Å². The second kappa shape index (κ2) is 5.97. The lowest BCUT2D eigenvalue weighted by Crippen LogP contribution is -2.14. The highest BCUT2D eigenvalue weighted by molar-refractivity contribution is 6.32. The lowest BCUT2D eigenvalue weighted by molar-refractivity contribution is 0.102. The van der Waals surface area contributed by atoms with Crippen molar-refractivity contribution in [2.75, 3.05) is 7.11 Å².